The number of carbonyl (C=O) groups excluding carboxylic acids is 1. The van der Waals surface area contributed by atoms with Crippen LogP contribution in [0.1, 0.15) is 44.4 Å². The summed E-state index contributed by atoms with van der Waals surface area (Å²) in [5, 5.41) is 29.7. The number of phenolic OH excluding ortho intramolecular Hbond substituents is 1. The summed E-state index contributed by atoms with van der Waals surface area (Å²) in [5.74, 6) is -0.738. The number of aliphatic hydroxyl groups excluding tert-OH is 2. The van der Waals surface area contributed by atoms with Gasteiger partial charge in [0.2, 0.25) is 0 Å². The van der Waals surface area contributed by atoms with Gasteiger partial charge in [0.15, 0.2) is 0 Å². The number of aromatic hydroxyl groups is 1. The van der Waals surface area contributed by atoms with E-state index in [-0.39, 0.29) is 23.1 Å². The Morgan fingerprint density at radius 1 is 1.30 bits per heavy atom. The minimum atomic E-state index is -1.35. The van der Waals surface area contributed by atoms with Crippen molar-refractivity contribution in [1.82, 2.24) is 0 Å². The molecule has 0 fully saturated rings. The fourth-order valence-corrected chi connectivity index (χ4v) is 1.83. The van der Waals surface area contributed by atoms with E-state index in [4.69, 9.17) is 0 Å². The molecule has 1 aromatic carbocycles. The Labute approximate surface area is 118 Å². The number of phenols is 1. The van der Waals surface area contributed by atoms with Gasteiger partial charge in [-0.05, 0) is 23.1 Å². The van der Waals surface area contributed by atoms with Gasteiger partial charge in [-0.2, -0.15) is 0 Å². The number of aliphatic hydroxyl groups is 2. The smallest absolute Gasteiger partial charge is 0.308 e. The molecule has 0 aliphatic rings. The van der Waals surface area contributed by atoms with Crippen LogP contribution in [0.2, 0.25) is 0 Å². The molecule has 1 rings (SSSR count). The van der Waals surface area contributed by atoms with E-state index < -0.39 is 18.2 Å². The van der Waals surface area contributed by atoms with Crippen molar-refractivity contribution in [3.8, 4) is 5.75 Å². The first kappa shape index (κ1) is 16.5. The van der Waals surface area contributed by atoms with Gasteiger partial charge in [0.05, 0.1) is 19.6 Å². The first-order valence-electron chi connectivity index (χ1n) is 6.43. The monoisotopic (exact) mass is 282 g/mol. The molecule has 2 unspecified atom stereocenters. The fourth-order valence-electron chi connectivity index (χ4n) is 1.83. The summed E-state index contributed by atoms with van der Waals surface area (Å²) in [6.45, 7) is 6.00. The second-order valence-electron chi connectivity index (χ2n) is 5.82. The molecule has 0 aliphatic heterocycles. The normalized spacial score (nSPS) is 14.7. The zero-order valence-corrected chi connectivity index (χ0v) is 12.3. The molecule has 0 saturated carbocycles. The highest BCUT2D eigenvalue weighted by Gasteiger charge is 2.26. The Kier molecular flexibility index (Phi) is 5.14. The van der Waals surface area contributed by atoms with Crippen molar-refractivity contribution in [2.45, 2.75) is 44.8 Å². The van der Waals surface area contributed by atoms with Gasteiger partial charge in [-0.25, -0.2) is 0 Å². The van der Waals surface area contributed by atoms with E-state index >= 15 is 0 Å². The zero-order chi connectivity index (χ0) is 15.5. The minimum Gasteiger partial charge on any atom is -0.508 e. The molecule has 0 aromatic heterocycles. The van der Waals surface area contributed by atoms with Gasteiger partial charge in [-0.15, -0.1) is 0 Å². The first-order valence-corrected chi connectivity index (χ1v) is 6.43. The number of benzene rings is 1. The number of ether oxygens (including phenoxy) is 1. The third kappa shape index (κ3) is 3.95. The Morgan fingerprint density at radius 2 is 1.90 bits per heavy atom. The molecule has 5 heteroatoms. The summed E-state index contributed by atoms with van der Waals surface area (Å²) in [7, 11) is 1.21. The summed E-state index contributed by atoms with van der Waals surface area (Å²) in [4.78, 5) is 11.1. The topological polar surface area (TPSA) is 87.0 Å². The van der Waals surface area contributed by atoms with E-state index in [1.165, 1.54) is 13.2 Å². The lowest BCUT2D eigenvalue weighted by atomic mass is 9.85. The van der Waals surface area contributed by atoms with Crippen LogP contribution in [0, 0.1) is 0 Å². The maximum Gasteiger partial charge on any atom is 0.308 e. The SMILES string of the molecule is COC(=O)CC(O)C(O)c1cc(C(C)(C)C)ccc1O. The van der Waals surface area contributed by atoms with Crippen LogP contribution in [-0.2, 0) is 14.9 Å². The lowest BCUT2D eigenvalue weighted by Crippen LogP contribution is -2.23. The Morgan fingerprint density at radius 3 is 2.40 bits per heavy atom. The molecule has 0 radical (unpaired) electrons. The average Bonchev–Trinajstić information content (AvgIpc) is 2.36. The largest absolute Gasteiger partial charge is 0.508 e. The predicted octanol–water partition coefficient (Wildman–Crippen LogP) is 1.65. The summed E-state index contributed by atoms with van der Waals surface area (Å²) >= 11 is 0. The van der Waals surface area contributed by atoms with Crippen LogP contribution in [0.3, 0.4) is 0 Å². The molecule has 1 aromatic rings. The number of carbonyl (C=O) groups is 1. The molecule has 0 saturated heterocycles. The van der Waals surface area contributed by atoms with Crippen LogP contribution in [0.25, 0.3) is 0 Å². The molecule has 0 aliphatic carbocycles. The third-order valence-electron chi connectivity index (χ3n) is 3.18. The van der Waals surface area contributed by atoms with Crippen molar-refractivity contribution in [3.05, 3.63) is 29.3 Å². The summed E-state index contributed by atoms with van der Waals surface area (Å²) in [6, 6.07) is 4.88. The van der Waals surface area contributed by atoms with E-state index in [0.717, 1.165) is 5.56 Å². The van der Waals surface area contributed by atoms with Gasteiger partial charge in [-0.1, -0.05) is 26.8 Å². The number of esters is 1. The molecule has 20 heavy (non-hydrogen) atoms. The second-order valence-corrected chi connectivity index (χ2v) is 5.82. The molecule has 0 bridgehead atoms. The van der Waals surface area contributed by atoms with E-state index in [1.54, 1.807) is 12.1 Å². The van der Waals surface area contributed by atoms with Gasteiger partial charge in [0.25, 0.3) is 0 Å². The van der Waals surface area contributed by atoms with E-state index in [1.807, 2.05) is 20.8 Å². The molecule has 0 heterocycles. The maximum atomic E-state index is 11.1. The van der Waals surface area contributed by atoms with Crippen LogP contribution in [0.15, 0.2) is 18.2 Å². The molecule has 2 atom stereocenters. The molecular formula is C15H22O5. The average molecular weight is 282 g/mol. The van der Waals surface area contributed by atoms with Gasteiger partial charge < -0.3 is 20.1 Å². The first-order chi connectivity index (χ1) is 9.16. The minimum absolute atomic E-state index is 0.116. The van der Waals surface area contributed by atoms with Crippen LogP contribution < -0.4 is 0 Å². The van der Waals surface area contributed by atoms with Crippen LogP contribution in [-0.4, -0.2) is 34.5 Å². The predicted molar refractivity (Wildman–Crippen MR) is 74.4 cm³/mol. The molecule has 5 nitrogen and oxygen atoms in total. The Bertz CT molecular complexity index is 476. The molecular weight excluding hydrogens is 260 g/mol. The van der Waals surface area contributed by atoms with Gasteiger partial charge in [0.1, 0.15) is 11.9 Å². The lowest BCUT2D eigenvalue weighted by Gasteiger charge is -2.23. The molecule has 0 spiro atoms. The van der Waals surface area contributed by atoms with Gasteiger partial charge >= 0.3 is 5.97 Å². The van der Waals surface area contributed by atoms with Crippen molar-refractivity contribution < 1.29 is 24.9 Å². The van der Waals surface area contributed by atoms with Gasteiger partial charge in [-0.3, -0.25) is 4.79 Å². The van der Waals surface area contributed by atoms with E-state index in [9.17, 15) is 20.1 Å². The fraction of sp³-hybridized carbons (Fsp3) is 0.533. The highest BCUT2D eigenvalue weighted by atomic mass is 16.5. The van der Waals surface area contributed by atoms with Gasteiger partial charge in [0, 0.05) is 5.56 Å². The zero-order valence-electron chi connectivity index (χ0n) is 12.3. The van der Waals surface area contributed by atoms with Crippen molar-refractivity contribution in [3.63, 3.8) is 0 Å². The van der Waals surface area contributed by atoms with Crippen LogP contribution >= 0.6 is 0 Å². The lowest BCUT2D eigenvalue weighted by molar-refractivity contribution is -0.144. The van der Waals surface area contributed by atoms with Crippen molar-refractivity contribution in [2.24, 2.45) is 0 Å². The number of hydrogen-bond acceptors (Lipinski definition) is 5. The summed E-state index contributed by atoms with van der Waals surface area (Å²) in [6.07, 6.45) is -3.02. The number of rotatable bonds is 4. The van der Waals surface area contributed by atoms with Crippen molar-refractivity contribution in [2.75, 3.05) is 7.11 Å². The number of hydrogen-bond donors (Lipinski definition) is 3. The standard InChI is InChI=1S/C15H22O5/c1-15(2,3)9-5-6-11(16)10(7-9)14(19)12(17)8-13(18)20-4/h5-7,12,14,16-17,19H,8H2,1-4H3. The number of methoxy groups -OCH3 is 1. The second kappa shape index (κ2) is 6.24. The highest BCUT2D eigenvalue weighted by Crippen LogP contribution is 2.32. The van der Waals surface area contributed by atoms with E-state index in [0.29, 0.717) is 0 Å². The Hall–Kier alpha value is -1.59. The van der Waals surface area contributed by atoms with Crippen LogP contribution in [0.4, 0.5) is 0 Å². The molecule has 0 amide bonds. The Balaban J connectivity index is 3.03. The quantitative estimate of drug-likeness (QED) is 0.731. The summed E-state index contributed by atoms with van der Waals surface area (Å²) in [5.41, 5.74) is 0.957. The third-order valence-corrected chi connectivity index (χ3v) is 3.18. The van der Waals surface area contributed by atoms with Crippen LogP contribution in [0.5, 0.6) is 5.75 Å². The molecule has 112 valence electrons. The summed E-state index contributed by atoms with van der Waals surface area (Å²) < 4.78 is 4.44. The van der Waals surface area contributed by atoms with E-state index in [2.05, 4.69) is 4.74 Å². The molecule has 3 N–H and O–H groups in total. The van der Waals surface area contributed by atoms with Crippen molar-refractivity contribution >= 4 is 5.97 Å². The van der Waals surface area contributed by atoms with Crippen molar-refractivity contribution in [1.29, 1.82) is 0 Å². The highest BCUT2D eigenvalue weighted by molar-refractivity contribution is 5.69. The maximum absolute atomic E-state index is 11.1.